The second kappa shape index (κ2) is 3.99. The normalized spacial score (nSPS) is 20.4. The van der Waals surface area contributed by atoms with E-state index < -0.39 is 21.7 Å². The van der Waals surface area contributed by atoms with Crippen LogP contribution in [0.15, 0.2) is 23.1 Å². The molecule has 2 aliphatic carbocycles. The lowest BCUT2D eigenvalue weighted by Crippen LogP contribution is -2.35. The van der Waals surface area contributed by atoms with Crippen LogP contribution in [0.1, 0.15) is 25.7 Å². The highest BCUT2D eigenvalue weighted by Gasteiger charge is 2.46. The average molecular weight is 273 g/mol. The summed E-state index contributed by atoms with van der Waals surface area (Å²) in [5, 5.41) is 0. The van der Waals surface area contributed by atoms with Crippen LogP contribution in [0.2, 0.25) is 0 Å². The molecule has 0 bridgehead atoms. The van der Waals surface area contributed by atoms with E-state index in [-0.39, 0.29) is 17.0 Å². The molecule has 18 heavy (non-hydrogen) atoms. The highest BCUT2D eigenvalue weighted by atomic mass is 32.2. The van der Waals surface area contributed by atoms with Gasteiger partial charge in [0.1, 0.15) is 0 Å². The molecular formula is C12H13F2NO2S. The van der Waals surface area contributed by atoms with Crippen molar-refractivity contribution in [2.24, 2.45) is 0 Å². The summed E-state index contributed by atoms with van der Waals surface area (Å²) in [4.78, 5) is -0.153. The molecule has 0 aromatic heterocycles. The molecule has 98 valence electrons. The second-order valence-corrected chi connectivity index (χ2v) is 6.72. The predicted octanol–water partition coefficient (Wildman–Crippen LogP) is 2.28. The number of nitrogens with zero attached hydrogens (tertiary/aromatic N) is 1. The van der Waals surface area contributed by atoms with Crippen molar-refractivity contribution in [1.29, 1.82) is 0 Å². The monoisotopic (exact) mass is 273 g/mol. The van der Waals surface area contributed by atoms with Gasteiger partial charge in [0.2, 0.25) is 10.0 Å². The van der Waals surface area contributed by atoms with E-state index in [1.165, 1.54) is 4.31 Å². The van der Waals surface area contributed by atoms with E-state index in [4.69, 9.17) is 0 Å². The maximum atomic E-state index is 13.1. The number of hydrogen-bond donors (Lipinski definition) is 0. The first-order valence-corrected chi connectivity index (χ1v) is 7.43. The Hall–Kier alpha value is -1.01. The molecule has 2 aliphatic rings. The highest BCUT2D eigenvalue weighted by Crippen LogP contribution is 2.41. The Balaban J connectivity index is 1.99. The lowest BCUT2D eigenvalue weighted by atomic mass is 10.3. The third-order valence-electron chi connectivity index (χ3n) is 3.28. The van der Waals surface area contributed by atoms with E-state index in [1.54, 1.807) is 0 Å². The van der Waals surface area contributed by atoms with Gasteiger partial charge >= 0.3 is 0 Å². The minimum atomic E-state index is -3.69. The topological polar surface area (TPSA) is 37.4 Å². The molecule has 2 saturated carbocycles. The molecule has 3 nitrogen and oxygen atoms in total. The number of halogens is 2. The second-order valence-electron chi connectivity index (χ2n) is 4.87. The van der Waals surface area contributed by atoms with E-state index in [2.05, 4.69) is 0 Å². The van der Waals surface area contributed by atoms with Crippen molar-refractivity contribution in [3.8, 4) is 0 Å². The van der Waals surface area contributed by atoms with E-state index in [0.29, 0.717) is 0 Å². The van der Waals surface area contributed by atoms with E-state index >= 15 is 0 Å². The van der Waals surface area contributed by atoms with Gasteiger partial charge in [0.05, 0.1) is 4.90 Å². The van der Waals surface area contributed by atoms with E-state index in [0.717, 1.165) is 43.9 Å². The Labute approximate surface area is 104 Å². The van der Waals surface area contributed by atoms with Crippen LogP contribution in [0.3, 0.4) is 0 Å². The molecule has 1 aromatic rings. The van der Waals surface area contributed by atoms with Crippen molar-refractivity contribution in [2.75, 3.05) is 0 Å². The van der Waals surface area contributed by atoms with Crippen LogP contribution in [0.4, 0.5) is 8.78 Å². The summed E-state index contributed by atoms with van der Waals surface area (Å²) < 4.78 is 52.3. The van der Waals surface area contributed by atoms with Gasteiger partial charge in [-0.2, -0.15) is 4.31 Å². The number of hydrogen-bond acceptors (Lipinski definition) is 2. The molecule has 0 spiro atoms. The molecule has 3 rings (SSSR count). The first kappa shape index (κ1) is 12.0. The lowest BCUT2D eigenvalue weighted by Gasteiger charge is -2.21. The zero-order valence-corrected chi connectivity index (χ0v) is 10.5. The Bertz CT molecular complexity index is 568. The molecule has 0 unspecified atom stereocenters. The third-order valence-corrected chi connectivity index (χ3v) is 5.28. The first-order valence-electron chi connectivity index (χ1n) is 5.99. The fourth-order valence-electron chi connectivity index (χ4n) is 2.11. The molecule has 0 heterocycles. The van der Waals surface area contributed by atoms with Crippen LogP contribution >= 0.6 is 0 Å². The molecule has 2 fully saturated rings. The van der Waals surface area contributed by atoms with Gasteiger partial charge in [-0.25, -0.2) is 17.2 Å². The van der Waals surface area contributed by atoms with Gasteiger partial charge in [0.25, 0.3) is 0 Å². The quantitative estimate of drug-likeness (QED) is 0.844. The van der Waals surface area contributed by atoms with Crippen molar-refractivity contribution < 1.29 is 17.2 Å². The Morgan fingerprint density at radius 3 is 2.00 bits per heavy atom. The third kappa shape index (κ3) is 2.03. The lowest BCUT2D eigenvalue weighted by molar-refractivity contribution is 0.395. The Morgan fingerprint density at radius 2 is 1.56 bits per heavy atom. The van der Waals surface area contributed by atoms with Crippen LogP contribution in [0.5, 0.6) is 0 Å². The number of benzene rings is 1. The maximum absolute atomic E-state index is 13.1. The fraction of sp³-hybridized carbons (Fsp3) is 0.500. The number of sulfonamides is 1. The summed E-state index contributed by atoms with van der Waals surface area (Å²) in [7, 11) is -3.69. The zero-order valence-electron chi connectivity index (χ0n) is 9.64. The minimum absolute atomic E-state index is 0.0515. The van der Waals surface area contributed by atoms with Gasteiger partial charge in [-0.05, 0) is 43.9 Å². The van der Waals surface area contributed by atoms with Crippen molar-refractivity contribution in [2.45, 2.75) is 42.7 Å². The van der Waals surface area contributed by atoms with Gasteiger partial charge in [-0.15, -0.1) is 0 Å². The fourth-order valence-corrected chi connectivity index (χ4v) is 4.05. The Kier molecular flexibility index (Phi) is 2.67. The molecular weight excluding hydrogens is 260 g/mol. The molecule has 0 aliphatic heterocycles. The molecule has 0 radical (unpaired) electrons. The van der Waals surface area contributed by atoms with Gasteiger partial charge in [-0.1, -0.05) is 0 Å². The summed E-state index contributed by atoms with van der Waals surface area (Å²) in [6, 6.07) is 2.86. The maximum Gasteiger partial charge on any atom is 0.243 e. The molecule has 0 N–H and O–H groups in total. The smallest absolute Gasteiger partial charge is 0.207 e. The van der Waals surface area contributed by atoms with Gasteiger partial charge in [0, 0.05) is 12.1 Å². The standard InChI is InChI=1S/C12H13F2NO2S/c13-11-6-5-10(7-12(11)14)18(16,17)15(8-1-2-8)9-3-4-9/h5-9H,1-4H2. The molecule has 1 aromatic carbocycles. The van der Waals surface area contributed by atoms with Crippen LogP contribution in [-0.2, 0) is 10.0 Å². The molecule has 6 heteroatoms. The SMILES string of the molecule is O=S(=O)(c1ccc(F)c(F)c1)N(C1CC1)C1CC1. The summed E-state index contributed by atoms with van der Waals surface area (Å²) in [6.07, 6.45) is 3.44. The van der Waals surface area contributed by atoms with Gasteiger partial charge < -0.3 is 0 Å². The zero-order chi connectivity index (χ0) is 12.9. The summed E-state index contributed by atoms with van der Waals surface area (Å²) in [6.45, 7) is 0. The van der Waals surface area contributed by atoms with Gasteiger partial charge in [-0.3, -0.25) is 0 Å². The van der Waals surface area contributed by atoms with Crippen molar-refractivity contribution in [3.63, 3.8) is 0 Å². The van der Waals surface area contributed by atoms with Crippen molar-refractivity contribution in [1.82, 2.24) is 4.31 Å². The summed E-state index contributed by atoms with van der Waals surface area (Å²) in [5.41, 5.74) is 0. The van der Waals surface area contributed by atoms with Crippen LogP contribution in [-0.4, -0.2) is 24.8 Å². The molecule has 0 amide bonds. The van der Waals surface area contributed by atoms with E-state index in [1.807, 2.05) is 0 Å². The number of rotatable bonds is 4. The summed E-state index contributed by atoms with van der Waals surface area (Å²) >= 11 is 0. The molecule has 0 saturated heterocycles. The Morgan fingerprint density at radius 1 is 1.00 bits per heavy atom. The van der Waals surface area contributed by atoms with E-state index in [9.17, 15) is 17.2 Å². The summed E-state index contributed by atoms with van der Waals surface area (Å²) in [5.74, 6) is -2.15. The van der Waals surface area contributed by atoms with Crippen LogP contribution in [0.25, 0.3) is 0 Å². The minimum Gasteiger partial charge on any atom is -0.207 e. The predicted molar refractivity (Wildman–Crippen MR) is 61.4 cm³/mol. The van der Waals surface area contributed by atoms with Crippen molar-refractivity contribution >= 4 is 10.0 Å². The van der Waals surface area contributed by atoms with Crippen molar-refractivity contribution in [3.05, 3.63) is 29.8 Å². The average Bonchev–Trinajstić information content (AvgIpc) is 3.15. The van der Waals surface area contributed by atoms with Crippen LogP contribution < -0.4 is 0 Å². The van der Waals surface area contributed by atoms with Crippen LogP contribution in [0, 0.1) is 11.6 Å². The highest BCUT2D eigenvalue weighted by molar-refractivity contribution is 7.89. The largest absolute Gasteiger partial charge is 0.243 e. The first-order chi connectivity index (χ1) is 8.50. The van der Waals surface area contributed by atoms with Gasteiger partial charge in [0.15, 0.2) is 11.6 Å². The molecule has 0 atom stereocenters.